The first-order valence-electron chi connectivity index (χ1n) is 6.67. The van der Waals surface area contributed by atoms with E-state index in [0.717, 1.165) is 27.6 Å². The number of aromatic hydroxyl groups is 1. The lowest BCUT2D eigenvalue weighted by atomic mass is 10.1. The van der Waals surface area contributed by atoms with E-state index >= 15 is 0 Å². The minimum Gasteiger partial charge on any atom is -0.508 e. The minimum atomic E-state index is 0.186. The summed E-state index contributed by atoms with van der Waals surface area (Å²) in [5.41, 5.74) is 8.53. The average molecular weight is 280 g/mol. The van der Waals surface area contributed by atoms with Gasteiger partial charge in [0.05, 0.1) is 0 Å². The molecule has 0 atom stereocenters. The summed E-state index contributed by atoms with van der Waals surface area (Å²) in [5.74, 6) is 1.37. The van der Waals surface area contributed by atoms with Gasteiger partial charge in [-0.3, -0.25) is 0 Å². The van der Waals surface area contributed by atoms with E-state index in [0.29, 0.717) is 11.6 Å². The molecular weight excluding hydrogens is 264 g/mol. The molecule has 2 aromatic carbocycles. The SMILES string of the molecule is Cc1cc(Oc2nccc3ccc(O)cc23)c(C)cc1N. The lowest BCUT2D eigenvalue weighted by Gasteiger charge is -2.12. The van der Waals surface area contributed by atoms with Crippen LogP contribution in [0.3, 0.4) is 0 Å². The van der Waals surface area contributed by atoms with Gasteiger partial charge in [-0.05, 0) is 60.7 Å². The van der Waals surface area contributed by atoms with Crippen molar-refractivity contribution < 1.29 is 9.84 Å². The molecule has 1 heterocycles. The van der Waals surface area contributed by atoms with Crippen LogP contribution in [0.25, 0.3) is 10.8 Å². The first-order valence-corrected chi connectivity index (χ1v) is 6.67. The van der Waals surface area contributed by atoms with Crippen LogP contribution in [0.15, 0.2) is 42.6 Å². The van der Waals surface area contributed by atoms with Gasteiger partial charge in [-0.1, -0.05) is 6.07 Å². The Labute approximate surface area is 122 Å². The molecule has 0 saturated heterocycles. The lowest BCUT2D eigenvalue weighted by Crippen LogP contribution is -1.95. The Kier molecular flexibility index (Phi) is 3.14. The maximum atomic E-state index is 9.66. The quantitative estimate of drug-likeness (QED) is 0.698. The van der Waals surface area contributed by atoms with E-state index in [1.54, 1.807) is 18.3 Å². The number of nitrogens with two attached hydrogens (primary N) is 1. The Morgan fingerprint density at radius 1 is 1.05 bits per heavy atom. The molecule has 0 saturated carbocycles. The summed E-state index contributed by atoms with van der Waals surface area (Å²) in [6, 6.07) is 10.8. The molecule has 0 fully saturated rings. The number of aryl methyl sites for hydroxylation is 2. The second-order valence-electron chi connectivity index (χ2n) is 5.10. The normalized spacial score (nSPS) is 10.8. The Bertz CT molecular complexity index is 828. The van der Waals surface area contributed by atoms with E-state index in [1.165, 1.54) is 0 Å². The molecule has 3 rings (SSSR count). The summed E-state index contributed by atoms with van der Waals surface area (Å²) in [6.07, 6.45) is 1.69. The van der Waals surface area contributed by atoms with E-state index in [-0.39, 0.29) is 5.75 Å². The van der Waals surface area contributed by atoms with E-state index in [1.807, 2.05) is 38.1 Å². The zero-order valence-corrected chi connectivity index (χ0v) is 11.9. The van der Waals surface area contributed by atoms with Crippen molar-refractivity contribution in [2.75, 3.05) is 5.73 Å². The van der Waals surface area contributed by atoms with Crippen LogP contribution in [0.2, 0.25) is 0 Å². The van der Waals surface area contributed by atoms with Gasteiger partial charge in [0, 0.05) is 17.3 Å². The predicted octanol–water partition coefficient (Wildman–Crippen LogP) is 3.93. The molecule has 106 valence electrons. The number of nitrogen functional groups attached to an aromatic ring is 1. The third-order valence-electron chi connectivity index (χ3n) is 3.48. The van der Waals surface area contributed by atoms with Crippen LogP contribution >= 0.6 is 0 Å². The van der Waals surface area contributed by atoms with Crippen LogP contribution in [-0.4, -0.2) is 10.1 Å². The van der Waals surface area contributed by atoms with Gasteiger partial charge in [-0.2, -0.15) is 0 Å². The Hall–Kier alpha value is -2.75. The molecule has 1 aromatic heterocycles. The van der Waals surface area contributed by atoms with Crippen molar-refractivity contribution in [3.8, 4) is 17.4 Å². The molecule has 0 aliphatic carbocycles. The van der Waals surface area contributed by atoms with Gasteiger partial charge in [-0.25, -0.2) is 4.98 Å². The largest absolute Gasteiger partial charge is 0.508 e. The average Bonchev–Trinajstić information content (AvgIpc) is 2.45. The minimum absolute atomic E-state index is 0.186. The molecule has 3 aromatic rings. The molecular formula is C17H16N2O2. The number of phenols is 1. The van der Waals surface area contributed by atoms with Crippen molar-refractivity contribution in [2.45, 2.75) is 13.8 Å². The summed E-state index contributed by atoms with van der Waals surface area (Å²) in [5, 5.41) is 11.4. The zero-order chi connectivity index (χ0) is 15.0. The van der Waals surface area contributed by atoms with Crippen molar-refractivity contribution in [3.63, 3.8) is 0 Å². The third-order valence-corrected chi connectivity index (χ3v) is 3.48. The van der Waals surface area contributed by atoms with E-state index in [2.05, 4.69) is 4.98 Å². The molecule has 0 unspecified atom stereocenters. The molecule has 0 aliphatic rings. The molecule has 4 nitrogen and oxygen atoms in total. The van der Waals surface area contributed by atoms with Crippen molar-refractivity contribution in [3.05, 3.63) is 53.7 Å². The van der Waals surface area contributed by atoms with E-state index in [4.69, 9.17) is 10.5 Å². The van der Waals surface area contributed by atoms with Crippen molar-refractivity contribution in [1.29, 1.82) is 0 Å². The third kappa shape index (κ3) is 2.48. The van der Waals surface area contributed by atoms with Crippen molar-refractivity contribution >= 4 is 16.5 Å². The molecule has 3 N–H and O–H groups in total. The maximum absolute atomic E-state index is 9.66. The van der Waals surface area contributed by atoms with Crippen LogP contribution in [0, 0.1) is 13.8 Å². The second kappa shape index (κ2) is 4.98. The summed E-state index contributed by atoms with van der Waals surface area (Å²) in [4.78, 5) is 4.27. The van der Waals surface area contributed by atoms with Crippen LogP contribution in [0.5, 0.6) is 17.4 Å². The number of pyridine rings is 1. The highest BCUT2D eigenvalue weighted by Gasteiger charge is 2.09. The number of aromatic nitrogens is 1. The molecule has 0 radical (unpaired) electrons. The predicted molar refractivity (Wildman–Crippen MR) is 83.8 cm³/mol. The molecule has 0 amide bonds. The number of benzene rings is 2. The summed E-state index contributed by atoms with van der Waals surface area (Å²) in [7, 11) is 0. The van der Waals surface area contributed by atoms with Gasteiger partial charge in [0.2, 0.25) is 5.88 Å². The summed E-state index contributed by atoms with van der Waals surface area (Å²) < 4.78 is 5.94. The van der Waals surface area contributed by atoms with Crippen molar-refractivity contribution in [1.82, 2.24) is 4.98 Å². The van der Waals surface area contributed by atoms with E-state index in [9.17, 15) is 5.11 Å². The van der Waals surface area contributed by atoms with Gasteiger partial charge < -0.3 is 15.6 Å². The van der Waals surface area contributed by atoms with Gasteiger partial charge in [0.1, 0.15) is 11.5 Å². The first kappa shape index (κ1) is 13.2. The lowest BCUT2D eigenvalue weighted by molar-refractivity contribution is 0.462. The van der Waals surface area contributed by atoms with Gasteiger partial charge >= 0.3 is 0 Å². The van der Waals surface area contributed by atoms with Crippen LogP contribution < -0.4 is 10.5 Å². The van der Waals surface area contributed by atoms with Crippen LogP contribution in [0.4, 0.5) is 5.69 Å². The number of ether oxygens (including phenoxy) is 1. The first-order chi connectivity index (χ1) is 10.0. The summed E-state index contributed by atoms with van der Waals surface area (Å²) in [6.45, 7) is 3.87. The Balaban J connectivity index is 2.10. The molecule has 0 aliphatic heterocycles. The number of hydrogen-bond acceptors (Lipinski definition) is 4. The van der Waals surface area contributed by atoms with E-state index < -0.39 is 0 Å². The highest BCUT2D eigenvalue weighted by Crippen LogP contribution is 2.33. The fourth-order valence-electron chi connectivity index (χ4n) is 2.24. The van der Waals surface area contributed by atoms with Gasteiger partial charge in [0.15, 0.2) is 0 Å². The number of hydrogen-bond donors (Lipinski definition) is 2. The Morgan fingerprint density at radius 2 is 1.86 bits per heavy atom. The summed E-state index contributed by atoms with van der Waals surface area (Å²) >= 11 is 0. The monoisotopic (exact) mass is 280 g/mol. The van der Waals surface area contributed by atoms with Gasteiger partial charge in [0.25, 0.3) is 0 Å². The van der Waals surface area contributed by atoms with Crippen LogP contribution in [-0.2, 0) is 0 Å². The Morgan fingerprint density at radius 3 is 2.67 bits per heavy atom. The smallest absolute Gasteiger partial charge is 0.227 e. The molecule has 4 heteroatoms. The standard InChI is InChI=1S/C17H16N2O2/c1-10-8-16(11(2)7-15(10)18)21-17-14-9-13(20)4-3-12(14)5-6-19-17/h3-9,20H,18H2,1-2H3. The molecule has 0 bridgehead atoms. The zero-order valence-electron chi connectivity index (χ0n) is 11.9. The maximum Gasteiger partial charge on any atom is 0.227 e. The van der Waals surface area contributed by atoms with Gasteiger partial charge in [-0.15, -0.1) is 0 Å². The fourth-order valence-corrected chi connectivity index (χ4v) is 2.24. The fraction of sp³-hybridized carbons (Fsp3) is 0.118. The highest BCUT2D eigenvalue weighted by molar-refractivity contribution is 5.88. The number of nitrogens with zero attached hydrogens (tertiary/aromatic N) is 1. The number of rotatable bonds is 2. The van der Waals surface area contributed by atoms with Crippen LogP contribution in [0.1, 0.15) is 11.1 Å². The van der Waals surface area contributed by atoms with Crippen molar-refractivity contribution in [2.24, 2.45) is 0 Å². The highest BCUT2D eigenvalue weighted by atomic mass is 16.5. The second-order valence-corrected chi connectivity index (χ2v) is 5.10. The molecule has 21 heavy (non-hydrogen) atoms. The number of fused-ring (bicyclic) bond motifs is 1. The molecule has 0 spiro atoms. The number of anilines is 1. The topological polar surface area (TPSA) is 68.4 Å². The number of phenolic OH excluding ortho intramolecular Hbond substituents is 1.